The second-order valence-electron chi connectivity index (χ2n) is 3.51. The van der Waals surface area contributed by atoms with E-state index >= 15 is 0 Å². The summed E-state index contributed by atoms with van der Waals surface area (Å²) in [7, 11) is 0. The van der Waals surface area contributed by atoms with Gasteiger partial charge in [0.05, 0.1) is 31.4 Å². The van der Waals surface area contributed by atoms with E-state index in [0.717, 1.165) is 0 Å². The first-order valence-corrected chi connectivity index (χ1v) is 5.82. The van der Waals surface area contributed by atoms with Crippen LogP contribution in [0.2, 0.25) is 0 Å². The first-order valence-electron chi connectivity index (χ1n) is 5.82. The zero-order chi connectivity index (χ0) is 13.9. The smallest absolute Gasteiger partial charge is 0.269 e. The molecule has 0 unspecified atom stereocenters. The topological polar surface area (TPSA) is 70.8 Å². The van der Waals surface area contributed by atoms with E-state index in [-0.39, 0.29) is 12.3 Å². The zero-order valence-electron chi connectivity index (χ0n) is 10.4. The van der Waals surface area contributed by atoms with Crippen molar-refractivity contribution in [1.29, 1.82) is 0 Å². The minimum absolute atomic E-state index is 0.0219. The molecule has 0 spiro atoms. The number of alkyl halides is 1. The molecule has 0 fully saturated rings. The van der Waals surface area contributed by atoms with Gasteiger partial charge in [-0.15, -0.1) is 0 Å². The van der Waals surface area contributed by atoms with Gasteiger partial charge < -0.3 is 14.2 Å². The average Bonchev–Trinajstić information content (AvgIpc) is 2.42. The van der Waals surface area contributed by atoms with Crippen molar-refractivity contribution in [2.45, 2.75) is 0 Å². The normalized spacial score (nSPS) is 10.4. The van der Waals surface area contributed by atoms with Crippen LogP contribution >= 0.6 is 0 Å². The summed E-state index contributed by atoms with van der Waals surface area (Å²) in [6.07, 6.45) is 0. The molecule has 0 bridgehead atoms. The fourth-order valence-electron chi connectivity index (χ4n) is 1.26. The van der Waals surface area contributed by atoms with Crippen LogP contribution in [0, 0.1) is 10.1 Å². The quantitative estimate of drug-likeness (QED) is 0.370. The number of hydrogen-bond donors (Lipinski definition) is 0. The van der Waals surface area contributed by atoms with E-state index in [1.54, 1.807) is 0 Å². The minimum Gasteiger partial charge on any atom is -0.491 e. The molecule has 1 aromatic carbocycles. The van der Waals surface area contributed by atoms with E-state index in [4.69, 9.17) is 14.2 Å². The number of nitro groups is 1. The van der Waals surface area contributed by atoms with Crippen LogP contribution in [0.5, 0.6) is 5.75 Å². The Morgan fingerprint density at radius 3 is 2.16 bits per heavy atom. The first-order chi connectivity index (χ1) is 9.24. The largest absolute Gasteiger partial charge is 0.491 e. The van der Waals surface area contributed by atoms with Crippen molar-refractivity contribution in [3.05, 3.63) is 34.4 Å². The number of non-ortho nitro benzene ring substituents is 1. The number of nitrogens with zero attached hydrogens (tertiary/aromatic N) is 1. The summed E-state index contributed by atoms with van der Waals surface area (Å²) in [5.41, 5.74) is 0.0219. The maximum absolute atomic E-state index is 11.7. The van der Waals surface area contributed by atoms with E-state index in [0.29, 0.717) is 32.2 Å². The average molecular weight is 273 g/mol. The fourth-order valence-corrected chi connectivity index (χ4v) is 1.26. The van der Waals surface area contributed by atoms with Gasteiger partial charge in [0.1, 0.15) is 19.0 Å². The number of hydrogen-bond acceptors (Lipinski definition) is 5. The third-order valence-corrected chi connectivity index (χ3v) is 2.14. The number of benzene rings is 1. The molecule has 1 aromatic rings. The van der Waals surface area contributed by atoms with Crippen LogP contribution in [0.3, 0.4) is 0 Å². The Morgan fingerprint density at radius 2 is 1.58 bits per heavy atom. The highest BCUT2D eigenvalue weighted by atomic mass is 19.1. The summed E-state index contributed by atoms with van der Waals surface area (Å²) >= 11 is 0. The molecule has 6 nitrogen and oxygen atoms in total. The molecule has 0 aliphatic carbocycles. The van der Waals surface area contributed by atoms with Crippen molar-refractivity contribution in [3.63, 3.8) is 0 Å². The second-order valence-corrected chi connectivity index (χ2v) is 3.51. The summed E-state index contributed by atoms with van der Waals surface area (Å²) in [5.74, 6) is 0.544. The van der Waals surface area contributed by atoms with E-state index in [2.05, 4.69) is 0 Å². The Morgan fingerprint density at radius 1 is 1.00 bits per heavy atom. The van der Waals surface area contributed by atoms with Crippen LogP contribution in [0.1, 0.15) is 0 Å². The highest BCUT2D eigenvalue weighted by molar-refractivity contribution is 5.35. The van der Waals surface area contributed by atoms with Gasteiger partial charge in [-0.3, -0.25) is 10.1 Å². The number of rotatable bonds is 10. The molecule has 0 saturated heterocycles. The standard InChI is InChI=1S/C12H16FNO5/c13-5-6-17-7-8-18-9-10-19-12-3-1-11(2-4-12)14(15)16/h1-4H,5-10H2. The van der Waals surface area contributed by atoms with Crippen LogP contribution in [0.4, 0.5) is 10.1 Å². The molecule has 106 valence electrons. The summed E-state index contributed by atoms with van der Waals surface area (Å²) in [5, 5.41) is 10.4. The Balaban J connectivity index is 2.07. The van der Waals surface area contributed by atoms with Crippen LogP contribution in [-0.2, 0) is 9.47 Å². The van der Waals surface area contributed by atoms with Crippen LogP contribution in [-0.4, -0.2) is 44.6 Å². The lowest BCUT2D eigenvalue weighted by Gasteiger charge is -2.07. The molecule has 0 atom stereocenters. The van der Waals surface area contributed by atoms with Gasteiger partial charge in [0.15, 0.2) is 0 Å². The molecule has 7 heteroatoms. The number of nitro benzene ring substituents is 1. The van der Waals surface area contributed by atoms with Crippen molar-refractivity contribution in [1.82, 2.24) is 0 Å². The number of halogens is 1. The van der Waals surface area contributed by atoms with Gasteiger partial charge in [-0.25, -0.2) is 4.39 Å². The number of ether oxygens (including phenoxy) is 3. The van der Waals surface area contributed by atoms with Crippen LogP contribution in [0.15, 0.2) is 24.3 Å². The third-order valence-electron chi connectivity index (χ3n) is 2.14. The molecule has 0 amide bonds. The molecule has 0 heterocycles. The van der Waals surface area contributed by atoms with Crippen LogP contribution in [0.25, 0.3) is 0 Å². The summed E-state index contributed by atoms with van der Waals surface area (Å²) in [4.78, 5) is 9.96. The Bertz CT molecular complexity index is 371. The van der Waals surface area contributed by atoms with Gasteiger partial charge in [-0.1, -0.05) is 0 Å². The lowest BCUT2D eigenvalue weighted by Crippen LogP contribution is -2.11. The Hall–Kier alpha value is -1.73. The molecule has 0 aromatic heterocycles. The second kappa shape index (κ2) is 9.23. The Kier molecular flexibility index (Phi) is 7.45. The zero-order valence-corrected chi connectivity index (χ0v) is 10.4. The minimum atomic E-state index is -0.497. The molecule has 19 heavy (non-hydrogen) atoms. The van der Waals surface area contributed by atoms with Gasteiger partial charge >= 0.3 is 0 Å². The van der Waals surface area contributed by atoms with Gasteiger partial charge in [-0.05, 0) is 12.1 Å². The van der Waals surface area contributed by atoms with Crippen molar-refractivity contribution in [2.24, 2.45) is 0 Å². The molecule has 0 saturated carbocycles. The summed E-state index contributed by atoms with van der Waals surface area (Å²) in [6.45, 7) is 1.02. The molecule has 0 aliphatic rings. The van der Waals surface area contributed by atoms with E-state index < -0.39 is 11.6 Å². The molecule has 0 aliphatic heterocycles. The molecular weight excluding hydrogens is 257 g/mol. The highest BCUT2D eigenvalue weighted by Gasteiger charge is 2.03. The van der Waals surface area contributed by atoms with Crippen molar-refractivity contribution >= 4 is 5.69 Å². The van der Waals surface area contributed by atoms with Crippen molar-refractivity contribution in [2.75, 3.05) is 39.7 Å². The highest BCUT2D eigenvalue weighted by Crippen LogP contribution is 2.16. The summed E-state index contributed by atoms with van der Waals surface area (Å²) < 4.78 is 27.0. The van der Waals surface area contributed by atoms with Gasteiger partial charge in [0.2, 0.25) is 0 Å². The van der Waals surface area contributed by atoms with Crippen molar-refractivity contribution in [3.8, 4) is 5.75 Å². The Labute approximate surface area is 110 Å². The van der Waals surface area contributed by atoms with E-state index in [9.17, 15) is 14.5 Å². The van der Waals surface area contributed by atoms with E-state index in [1.165, 1.54) is 24.3 Å². The first kappa shape index (κ1) is 15.3. The molecule has 1 rings (SSSR count). The van der Waals surface area contributed by atoms with Gasteiger partial charge in [-0.2, -0.15) is 0 Å². The predicted molar refractivity (Wildman–Crippen MR) is 66.2 cm³/mol. The third kappa shape index (κ3) is 6.68. The van der Waals surface area contributed by atoms with Crippen LogP contribution < -0.4 is 4.74 Å². The molecule has 0 radical (unpaired) electrons. The molecule has 0 N–H and O–H groups in total. The maximum Gasteiger partial charge on any atom is 0.269 e. The SMILES string of the molecule is O=[N+]([O-])c1ccc(OCCOCCOCCF)cc1. The fraction of sp³-hybridized carbons (Fsp3) is 0.500. The summed E-state index contributed by atoms with van der Waals surface area (Å²) in [6, 6.07) is 5.81. The van der Waals surface area contributed by atoms with Gasteiger partial charge in [0, 0.05) is 12.1 Å². The lowest BCUT2D eigenvalue weighted by atomic mass is 10.3. The predicted octanol–water partition coefficient (Wildman–Crippen LogP) is 1.98. The van der Waals surface area contributed by atoms with E-state index in [1.807, 2.05) is 0 Å². The monoisotopic (exact) mass is 273 g/mol. The molecular formula is C12H16FNO5. The van der Waals surface area contributed by atoms with Gasteiger partial charge in [0.25, 0.3) is 5.69 Å². The lowest BCUT2D eigenvalue weighted by molar-refractivity contribution is -0.384. The van der Waals surface area contributed by atoms with Crippen molar-refractivity contribution < 1.29 is 23.5 Å². The maximum atomic E-state index is 11.7.